The summed E-state index contributed by atoms with van der Waals surface area (Å²) in [6, 6.07) is 2.32. The zero-order valence-corrected chi connectivity index (χ0v) is 9.76. The average Bonchev–Trinajstić information content (AvgIpc) is 2.28. The maximum absolute atomic E-state index is 12.2. The van der Waals surface area contributed by atoms with Gasteiger partial charge in [-0.1, -0.05) is 0 Å². The molecule has 17 heavy (non-hydrogen) atoms. The van der Waals surface area contributed by atoms with E-state index in [0.29, 0.717) is 17.2 Å². The van der Waals surface area contributed by atoms with Gasteiger partial charge in [0.25, 0.3) is 0 Å². The molecule has 0 aromatic carbocycles. The molecular weight excluding hydrogens is 253 g/mol. The molecule has 1 aromatic heterocycles. The molecule has 1 heterocycles. The van der Waals surface area contributed by atoms with Gasteiger partial charge >= 0.3 is 6.18 Å². The predicted octanol–water partition coefficient (Wildman–Crippen LogP) is 1.90. The summed E-state index contributed by atoms with van der Waals surface area (Å²) in [6.45, 7) is 0.182. The Hall–Kier alpha value is -0.790. The van der Waals surface area contributed by atoms with Crippen LogP contribution in [0.1, 0.15) is 12.0 Å². The number of nitrogens with two attached hydrogens (primary N) is 1. The van der Waals surface area contributed by atoms with Crippen molar-refractivity contribution in [3.05, 3.63) is 23.9 Å². The number of thioether (sulfide) groups is 1. The standard InChI is InChI=1S/C10H13F3N2OS/c11-10(12,13)7-1-2-9(15-6-7)17-4-3-8(16)5-14/h1-2,6,8,16H,3-5,14H2. The first-order valence-electron chi connectivity index (χ1n) is 4.97. The van der Waals surface area contributed by atoms with Crippen LogP contribution in [0.5, 0.6) is 0 Å². The molecule has 0 amide bonds. The second-order valence-electron chi connectivity index (χ2n) is 3.41. The van der Waals surface area contributed by atoms with E-state index < -0.39 is 17.8 Å². The van der Waals surface area contributed by atoms with Crippen LogP contribution in [0.15, 0.2) is 23.4 Å². The third kappa shape index (κ3) is 4.93. The molecule has 0 fully saturated rings. The summed E-state index contributed by atoms with van der Waals surface area (Å²) >= 11 is 1.29. The summed E-state index contributed by atoms with van der Waals surface area (Å²) in [5, 5.41) is 9.68. The van der Waals surface area contributed by atoms with Crippen LogP contribution < -0.4 is 5.73 Å². The van der Waals surface area contributed by atoms with Crippen LogP contribution in [0.2, 0.25) is 0 Å². The second-order valence-corrected chi connectivity index (χ2v) is 4.52. The molecule has 1 atom stereocenters. The minimum absolute atomic E-state index is 0.182. The Morgan fingerprint density at radius 2 is 2.12 bits per heavy atom. The Balaban J connectivity index is 2.46. The number of alkyl halides is 3. The summed E-state index contributed by atoms with van der Waals surface area (Å²) in [4.78, 5) is 3.70. The third-order valence-electron chi connectivity index (χ3n) is 2.04. The number of nitrogens with zero attached hydrogens (tertiary/aromatic N) is 1. The first kappa shape index (κ1) is 14.3. The number of hydrogen-bond acceptors (Lipinski definition) is 4. The van der Waals surface area contributed by atoms with Gasteiger partial charge in [0.2, 0.25) is 0 Å². The molecule has 1 aromatic rings. The minimum Gasteiger partial charge on any atom is -0.392 e. The quantitative estimate of drug-likeness (QED) is 0.799. The molecule has 3 nitrogen and oxygen atoms in total. The fourth-order valence-electron chi connectivity index (χ4n) is 1.05. The highest BCUT2D eigenvalue weighted by Crippen LogP contribution is 2.29. The van der Waals surface area contributed by atoms with Crippen molar-refractivity contribution in [3.63, 3.8) is 0 Å². The van der Waals surface area contributed by atoms with E-state index in [1.54, 1.807) is 0 Å². The first-order valence-corrected chi connectivity index (χ1v) is 5.96. The fourth-order valence-corrected chi connectivity index (χ4v) is 1.94. The molecule has 1 rings (SSSR count). The molecule has 0 radical (unpaired) electrons. The van der Waals surface area contributed by atoms with Gasteiger partial charge in [-0.25, -0.2) is 4.98 Å². The number of aliphatic hydroxyl groups is 1. The lowest BCUT2D eigenvalue weighted by atomic mass is 10.3. The van der Waals surface area contributed by atoms with Crippen LogP contribution in [0.4, 0.5) is 13.2 Å². The number of aromatic nitrogens is 1. The molecule has 0 spiro atoms. The van der Waals surface area contributed by atoms with E-state index in [1.807, 2.05) is 0 Å². The molecule has 0 bridgehead atoms. The molecule has 0 aliphatic heterocycles. The Kier molecular flexibility index (Phi) is 5.23. The number of rotatable bonds is 5. The van der Waals surface area contributed by atoms with Crippen molar-refractivity contribution in [2.75, 3.05) is 12.3 Å². The van der Waals surface area contributed by atoms with Gasteiger partial charge in [-0.3, -0.25) is 0 Å². The maximum atomic E-state index is 12.2. The number of halogens is 3. The van der Waals surface area contributed by atoms with Crippen molar-refractivity contribution < 1.29 is 18.3 Å². The van der Waals surface area contributed by atoms with Gasteiger partial charge in [-0.05, 0) is 18.6 Å². The monoisotopic (exact) mass is 266 g/mol. The first-order chi connectivity index (χ1) is 7.93. The van der Waals surface area contributed by atoms with Gasteiger partial charge in [0.15, 0.2) is 0 Å². The molecule has 7 heteroatoms. The highest BCUT2D eigenvalue weighted by atomic mass is 32.2. The van der Waals surface area contributed by atoms with Gasteiger partial charge < -0.3 is 10.8 Å². The molecule has 0 aliphatic rings. The number of hydrogen-bond donors (Lipinski definition) is 2. The smallest absolute Gasteiger partial charge is 0.392 e. The number of aliphatic hydroxyl groups excluding tert-OH is 1. The van der Waals surface area contributed by atoms with Crippen molar-refractivity contribution in [2.45, 2.75) is 23.7 Å². The summed E-state index contributed by atoms with van der Waals surface area (Å²) in [5.74, 6) is 0.566. The lowest BCUT2D eigenvalue weighted by Gasteiger charge is -2.08. The van der Waals surface area contributed by atoms with Gasteiger partial charge in [-0.15, -0.1) is 11.8 Å². The summed E-state index contributed by atoms with van der Waals surface area (Å²) in [6.07, 6.45) is -3.63. The van der Waals surface area contributed by atoms with Crippen molar-refractivity contribution in [1.29, 1.82) is 0 Å². The largest absolute Gasteiger partial charge is 0.417 e. The fraction of sp³-hybridized carbons (Fsp3) is 0.500. The predicted molar refractivity (Wildman–Crippen MR) is 59.6 cm³/mol. The van der Waals surface area contributed by atoms with Crippen molar-refractivity contribution in [2.24, 2.45) is 5.73 Å². The normalized spacial score (nSPS) is 13.7. The van der Waals surface area contributed by atoms with Crippen LogP contribution in [0.25, 0.3) is 0 Å². The average molecular weight is 266 g/mol. The summed E-state index contributed by atoms with van der Waals surface area (Å²) < 4.78 is 36.7. The van der Waals surface area contributed by atoms with Crippen LogP contribution in [0.3, 0.4) is 0 Å². The van der Waals surface area contributed by atoms with E-state index in [9.17, 15) is 18.3 Å². The van der Waals surface area contributed by atoms with E-state index in [2.05, 4.69) is 4.98 Å². The Morgan fingerprint density at radius 3 is 2.59 bits per heavy atom. The summed E-state index contributed by atoms with van der Waals surface area (Å²) in [5.41, 5.74) is 4.46. The maximum Gasteiger partial charge on any atom is 0.417 e. The van der Waals surface area contributed by atoms with E-state index in [-0.39, 0.29) is 6.54 Å². The van der Waals surface area contributed by atoms with Gasteiger partial charge in [0.1, 0.15) is 0 Å². The minimum atomic E-state index is -4.36. The molecule has 1 unspecified atom stereocenters. The van der Waals surface area contributed by atoms with Crippen molar-refractivity contribution in [3.8, 4) is 0 Å². The highest BCUT2D eigenvalue weighted by molar-refractivity contribution is 7.99. The second kappa shape index (κ2) is 6.23. The molecule has 3 N–H and O–H groups in total. The van der Waals surface area contributed by atoms with Crippen LogP contribution in [-0.4, -0.2) is 28.5 Å². The van der Waals surface area contributed by atoms with Gasteiger partial charge in [0.05, 0.1) is 16.7 Å². The molecular formula is C10H13F3N2OS. The lowest BCUT2D eigenvalue weighted by Crippen LogP contribution is -2.20. The molecule has 96 valence electrons. The Labute approximate surface area is 101 Å². The molecule has 0 saturated carbocycles. The topological polar surface area (TPSA) is 59.1 Å². The summed E-state index contributed by atoms with van der Waals surface area (Å²) in [7, 11) is 0. The van der Waals surface area contributed by atoms with Gasteiger partial charge in [-0.2, -0.15) is 13.2 Å². The zero-order valence-electron chi connectivity index (χ0n) is 8.94. The van der Waals surface area contributed by atoms with Gasteiger partial charge in [0, 0.05) is 18.5 Å². The van der Waals surface area contributed by atoms with E-state index in [0.717, 1.165) is 12.3 Å². The SMILES string of the molecule is NCC(O)CCSc1ccc(C(F)(F)F)cn1. The molecule has 0 aliphatic carbocycles. The van der Waals surface area contributed by atoms with E-state index in [4.69, 9.17) is 5.73 Å². The van der Waals surface area contributed by atoms with Crippen molar-refractivity contribution in [1.82, 2.24) is 4.98 Å². The van der Waals surface area contributed by atoms with Crippen LogP contribution >= 0.6 is 11.8 Å². The third-order valence-corrected chi connectivity index (χ3v) is 3.01. The Bertz CT molecular complexity index is 342. The van der Waals surface area contributed by atoms with E-state index >= 15 is 0 Å². The van der Waals surface area contributed by atoms with E-state index in [1.165, 1.54) is 17.8 Å². The highest BCUT2D eigenvalue weighted by Gasteiger charge is 2.30. The molecule has 0 saturated heterocycles. The van der Waals surface area contributed by atoms with Crippen molar-refractivity contribution >= 4 is 11.8 Å². The van der Waals surface area contributed by atoms with Crippen LogP contribution in [-0.2, 0) is 6.18 Å². The lowest BCUT2D eigenvalue weighted by molar-refractivity contribution is -0.137. The Morgan fingerprint density at radius 1 is 1.41 bits per heavy atom. The zero-order chi connectivity index (χ0) is 12.9. The number of pyridine rings is 1. The van der Waals surface area contributed by atoms with Crippen LogP contribution in [0, 0.1) is 0 Å².